The van der Waals surface area contributed by atoms with Gasteiger partial charge >= 0.3 is 6.18 Å². The van der Waals surface area contributed by atoms with Crippen LogP contribution in [0.5, 0.6) is 0 Å². The monoisotopic (exact) mass is 385 g/mol. The summed E-state index contributed by atoms with van der Waals surface area (Å²) < 4.78 is 37.7. The Bertz CT molecular complexity index is 819. The first-order valence-corrected chi connectivity index (χ1v) is 8.86. The normalized spacial score (nSPS) is 12.7. The molecule has 2 rings (SSSR count). The van der Waals surface area contributed by atoms with Gasteiger partial charge in [0.2, 0.25) is 5.91 Å². The zero-order valence-corrected chi connectivity index (χ0v) is 15.0. The van der Waals surface area contributed by atoms with Crippen LogP contribution in [0.2, 0.25) is 0 Å². The van der Waals surface area contributed by atoms with E-state index in [1.54, 1.807) is 6.92 Å². The zero-order chi connectivity index (χ0) is 19.3. The Labute approximate surface area is 152 Å². The zero-order valence-electron chi connectivity index (χ0n) is 14.2. The molecule has 0 fully saturated rings. The molecule has 0 aliphatic carbocycles. The SMILES string of the molecule is CCc1cc(=O)[nH]c(SC(CC)C(=O)Nc2ccc(C(F)(F)F)cc2)n1. The van der Waals surface area contributed by atoms with Gasteiger partial charge in [-0.3, -0.25) is 9.59 Å². The molecular weight excluding hydrogens is 367 g/mol. The third-order valence-electron chi connectivity index (χ3n) is 3.53. The summed E-state index contributed by atoms with van der Waals surface area (Å²) in [6.45, 7) is 3.66. The van der Waals surface area contributed by atoms with E-state index >= 15 is 0 Å². The molecule has 0 aliphatic rings. The van der Waals surface area contributed by atoms with Gasteiger partial charge in [0.05, 0.1) is 10.8 Å². The van der Waals surface area contributed by atoms with Crippen LogP contribution in [-0.2, 0) is 17.4 Å². The van der Waals surface area contributed by atoms with Crippen molar-refractivity contribution in [2.45, 2.75) is 43.3 Å². The average molecular weight is 385 g/mol. The van der Waals surface area contributed by atoms with E-state index in [1.165, 1.54) is 18.2 Å². The predicted molar refractivity (Wildman–Crippen MR) is 94.2 cm³/mol. The molecule has 0 spiro atoms. The Morgan fingerprint density at radius 1 is 1.27 bits per heavy atom. The first kappa shape index (κ1) is 20.0. The van der Waals surface area contributed by atoms with Gasteiger partial charge in [-0.05, 0) is 37.1 Å². The molecule has 1 atom stereocenters. The van der Waals surface area contributed by atoms with Gasteiger partial charge in [-0.25, -0.2) is 4.98 Å². The van der Waals surface area contributed by atoms with Gasteiger partial charge in [-0.15, -0.1) is 0 Å². The molecule has 2 aromatic rings. The highest BCUT2D eigenvalue weighted by molar-refractivity contribution is 8.00. The predicted octanol–water partition coefficient (Wildman–Crippen LogP) is 3.86. The molecule has 0 radical (unpaired) electrons. The number of benzene rings is 1. The van der Waals surface area contributed by atoms with Crippen LogP contribution in [0.1, 0.15) is 31.5 Å². The number of thioether (sulfide) groups is 1. The van der Waals surface area contributed by atoms with Crippen LogP contribution in [0.25, 0.3) is 0 Å². The Hall–Kier alpha value is -2.29. The van der Waals surface area contributed by atoms with Gasteiger partial charge in [0.1, 0.15) is 0 Å². The van der Waals surface area contributed by atoms with E-state index in [-0.39, 0.29) is 17.2 Å². The van der Waals surface area contributed by atoms with Crippen molar-refractivity contribution < 1.29 is 18.0 Å². The van der Waals surface area contributed by atoms with Gasteiger partial charge in [0, 0.05) is 17.4 Å². The molecule has 26 heavy (non-hydrogen) atoms. The summed E-state index contributed by atoms with van der Waals surface area (Å²) in [5.41, 5.74) is -0.188. The molecule has 1 amide bonds. The van der Waals surface area contributed by atoms with Crippen LogP contribution in [0.3, 0.4) is 0 Å². The van der Waals surface area contributed by atoms with Crippen molar-refractivity contribution >= 4 is 23.4 Å². The number of hydrogen-bond donors (Lipinski definition) is 2. The molecule has 0 bridgehead atoms. The van der Waals surface area contributed by atoms with Gasteiger partial charge in [0.15, 0.2) is 5.16 Å². The van der Waals surface area contributed by atoms with Crippen molar-refractivity contribution in [3.05, 3.63) is 51.9 Å². The first-order chi connectivity index (χ1) is 12.2. The van der Waals surface area contributed by atoms with Gasteiger partial charge in [-0.1, -0.05) is 25.6 Å². The second kappa shape index (κ2) is 8.39. The number of amides is 1. The van der Waals surface area contributed by atoms with E-state index in [4.69, 9.17) is 0 Å². The average Bonchev–Trinajstić information content (AvgIpc) is 2.58. The lowest BCUT2D eigenvalue weighted by Crippen LogP contribution is -2.25. The minimum atomic E-state index is -4.42. The minimum Gasteiger partial charge on any atom is -0.325 e. The fraction of sp³-hybridized carbons (Fsp3) is 0.353. The van der Waals surface area contributed by atoms with Gasteiger partial charge < -0.3 is 10.3 Å². The molecule has 5 nitrogen and oxygen atoms in total. The fourth-order valence-corrected chi connectivity index (χ4v) is 3.07. The number of halogens is 3. The van der Waals surface area contributed by atoms with Crippen LogP contribution in [0, 0.1) is 0 Å². The van der Waals surface area contributed by atoms with Crippen LogP contribution in [-0.4, -0.2) is 21.1 Å². The number of carbonyl (C=O) groups excluding carboxylic acids is 1. The summed E-state index contributed by atoms with van der Waals surface area (Å²) in [5.74, 6) is -0.373. The number of anilines is 1. The van der Waals surface area contributed by atoms with Crippen molar-refractivity contribution in [1.82, 2.24) is 9.97 Å². The molecule has 1 aromatic heterocycles. The van der Waals surface area contributed by atoms with E-state index in [2.05, 4.69) is 15.3 Å². The van der Waals surface area contributed by atoms with Crippen LogP contribution in [0.4, 0.5) is 18.9 Å². The fourth-order valence-electron chi connectivity index (χ4n) is 2.14. The van der Waals surface area contributed by atoms with E-state index in [9.17, 15) is 22.8 Å². The van der Waals surface area contributed by atoms with E-state index < -0.39 is 17.0 Å². The highest BCUT2D eigenvalue weighted by Crippen LogP contribution is 2.30. The maximum absolute atomic E-state index is 12.6. The Kier molecular flexibility index (Phi) is 6.47. The molecule has 2 N–H and O–H groups in total. The summed E-state index contributed by atoms with van der Waals surface area (Å²) in [6, 6.07) is 5.63. The van der Waals surface area contributed by atoms with Crippen molar-refractivity contribution in [2.24, 2.45) is 0 Å². The van der Waals surface area contributed by atoms with E-state index in [0.717, 1.165) is 23.9 Å². The molecule has 140 valence electrons. The largest absolute Gasteiger partial charge is 0.416 e. The first-order valence-electron chi connectivity index (χ1n) is 7.98. The lowest BCUT2D eigenvalue weighted by atomic mass is 10.2. The summed E-state index contributed by atoms with van der Waals surface area (Å²) in [6.07, 6.45) is -3.38. The number of nitrogens with zero attached hydrogens (tertiary/aromatic N) is 1. The van der Waals surface area contributed by atoms with Crippen LogP contribution < -0.4 is 10.9 Å². The number of alkyl halides is 3. The number of aryl methyl sites for hydroxylation is 1. The number of H-pyrrole nitrogens is 1. The molecule has 1 heterocycles. The molecule has 9 heteroatoms. The van der Waals surface area contributed by atoms with Crippen molar-refractivity contribution in [3.8, 4) is 0 Å². The highest BCUT2D eigenvalue weighted by atomic mass is 32.2. The smallest absolute Gasteiger partial charge is 0.325 e. The van der Waals surface area contributed by atoms with Crippen molar-refractivity contribution in [2.75, 3.05) is 5.32 Å². The summed E-state index contributed by atoms with van der Waals surface area (Å²) in [5, 5.41) is 2.38. The lowest BCUT2D eigenvalue weighted by molar-refractivity contribution is -0.137. The van der Waals surface area contributed by atoms with Crippen molar-refractivity contribution in [3.63, 3.8) is 0 Å². The van der Waals surface area contributed by atoms with Crippen LogP contribution >= 0.6 is 11.8 Å². The number of aromatic amines is 1. The third-order valence-corrected chi connectivity index (χ3v) is 4.78. The Morgan fingerprint density at radius 2 is 1.92 bits per heavy atom. The van der Waals surface area contributed by atoms with E-state index in [1.807, 2.05) is 6.92 Å². The van der Waals surface area contributed by atoms with Crippen molar-refractivity contribution in [1.29, 1.82) is 0 Å². The molecule has 0 aliphatic heterocycles. The number of carbonyl (C=O) groups is 1. The lowest BCUT2D eigenvalue weighted by Gasteiger charge is -2.15. The van der Waals surface area contributed by atoms with Crippen LogP contribution in [0.15, 0.2) is 40.3 Å². The van der Waals surface area contributed by atoms with Gasteiger partial charge in [-0.2, -0.15) is 13.2 Å². The standard InChI is InChI=1S/C17H18F3N3O2S/c1-3-11-9-14(24)23-16(22-11)26-13(4-2)15(25)21-12-7-5-10(6-8-12)17(18,19)20/h5-9,13H,3-4H2,1-2H3,(H,21,25)(H,22,23,24). The molecule has 1 unspecified atom stereocenters. The quantitative estimate of drug-likeness (QED) is 0.585. The number of hydrogen-bond acceptors (Lipinski definition) is 4. The minimum absolute atomic E-state index is 0.269. The number of nitrogens with one attached hydrogen (secondary N) is 2. The molecule has 0 saturated heterocycles. The second-order valence-electron chi connectivity index (χ2n) is 5.47. The maximum atomic E-state index is 12.6. The van der Waals surface area contributed by atoms with E-state index in [0.29, 0.717) is 23.7 Å². The highest BCUT2D eigenvalue weighted by Gasteiger charge is 2.30. The Balaban J connectivity index is 2.09. The Morgan fingerprint density at radius 3 is 2.46 bits per heavy atom. The van der Waals surface area contributed by atoms with Gasteiger partial charge in [0.25, 0.3) is 5.56 Å². The summed E-state index contributed by atoms with van der Waals surface area (Å²) in [7, 11) is 0. The summed E-state index contributed by atoms with van der Waals surface area (Å²) in [4.78, 5) is 30.9. The summed E-state index contributed by atoms with van der Waals surface area (Å²) >= 11 is 1.11. The second-order valence-corrected chi connectivity index (χ2v) is 6.67. The maximum Gasteiger partial charge on any atom is 0.416 e. The molecule has 1 aromatic carbocycles. The number of aromatic nitrogens is 2. The third kappa shape index (κ3) is 5.35. The molecular formula is C17H18F3N3O2S. The number of rotatable bonds is 6. The topological polar surface area (TPSA) is 74.8 Å². The molecule has 0 saturated carbocycles.